The Balaban J connectivity index is 1.28. The zero-order chi connectivity index (χ0) is 34.4. The standard InChI is InChI=1S/C49H28N4/c1-3-15-31(16-4-1)51(32-17-5-2-6-18-32)40-24-12-23-37-42-33-19-9-8-14-30(33)27-39-43-41(52(47(37)40)48(39)42)28-50-49-44(43)38-22-11-21-35-36-26-25-29-13-7-10-20-34(29)45(36)53(49)46(35)38/h1-28H. The molecule has 0 atom stereocenters. The Hall–Kier alpha value is -7.17. The first-order valence-electron chi connectivity index (χ1n) is 18.2. The number of benzene rings is 8. The molecule has 0 spiro atoms. The van der Waals surface area contributed by atoms with Crippen molar-refractivity contribution in [2.75, 3.05) is 4.90 Å². The van der Waals surface area contributed by atoms with Gasteiger partial charge in [0, 0.05) is 59.9 Å². The van der Waals surface area contributed by atoms with E-state index in [0.29, 0.717) is 0 Å². The van der Waals surface area contributed by atoms with Gasteiger partial charge in [-0.1, -0.05) is 127 Å². The largest absolute Gasteiger partial charge is 0.308 e. The highest BCUT2D eigenvalue weighted by Crippen LogP contribution is 2.50. The number of hydrogen-bond acceptors (Lipinski definition) is 2. The molecule has 0 aliphatic heterocycles. The molecule has 0 saturated carbocycles. The van der Waals surface area contributed by atoms with Crippen LogP contribution in [0.2, 0.25) is 0 Å². The third-order valence-electron chi connectivity index (χ3n) is 11.7. The third kappa shape index (κ3) is 3.34. The van der Waals surface area contributed by atoms with Crippen molar-refractivity contribution in [3.63, 3.8) is 0 Å². The Labute approximate surface area is 302 Å². The first-order chi connectivity index (χ1) is 26.3. The molecule has 13 aromatic rings. The molecule has 0 radical (unpaired) electrons. The van der Waals surface area contributed by atoms with Gasteiger partial charge in [-0.05, 0) is 52.6 Å². The fourth-order valence-electron chi connectivity index (χ4n) is 9.71. The van der Waals surface area contributed by atoms with Crippen LogP contribution < -0.4 is 4.90 Å². The normalized spacial score (nSPS) is 12.5. The van der Waals surface area contributed by atoms with E-state index in [1.54, 1.807) is 0 Å². The van der Waals surface area contributed by atoms with Crippen molar-refractivity contribution in [2.24, 2.45) is 0 Å². The van der Waals surface area contributed by atoms with Gasteiger partial charge in [0.05, 0.1) is 39.5 Å². The van der Waals surface area contributed by atoms with Gasteiger partial charge >= 0.3 is 0 Å². The molecule has 8 aromatic carbocycles. The summed E-state index contributed by atoms with van der Waals surface area (Å²) in [5.41, 5.74) is 10.4. The number of aromatic nitrogens is 3. The summed E-state index contributed by atoms with van der Waals surface area (Å²) in [6, 6.07) is 59.6. The molecular weight excluding hydrogens is 645 g/mol. The third-order valence-corrected chi connectivity index (χ3v) is 11.7. The van der Waals surface area contributed by atoms with Crippen molar-refractivity contribution in [1.82, 2.24) is 13.8 Å². The second kappa shape index (κ2) is 9.78. The molecule has 0 unspecified atom stereocenters. The lowest BCUT2D eigenvalue weighted by atomic mass is 9.98. The summed E-state index contributed by atoms with van der Waals surface area (Å²) in [7, 11) is 0. The van der Waals surface area contributed by atoms with E-state index < -0.39 is 0 Å². The Bertz CT molecular complexity index is 3580. The minimum absolute atomic E-state index is 1.01. The molecule has 53 heavy (non-hydrogen) atoms. The minimum atomic E-state index is 1.01. The van der Waals surface area contributed by atoms with Crippen molar-refractivity contribution in [2.45, 2.75) is 0 Å². The predicted octanol–water partition coefficient (Wildman–Crippen LogP) is 13.2. The zero-order valence-electron chi connectivity index (χ0n) is 28.5. The number of fused-ring (bicyclic) bond motifs is 17. The molecule has 0 aliphatic carbocycles. The lowest BCUT2D eigenvalue weighted by Crippen LogP contribution is -2.10. The van der Waals surface area contributed by atoms with Crippen molar-refractivity contribution in [1.29, 1.82) is 0 Å². The summed E-state index contributed by atoms with van der Waals surface area (Å²) in [6.45, 7) is 0. The minimum Gasteiger partial charge on any atom is -0.308 e. The van der Waals surface area contributed by atoms with Crippen LogP contribution in [-0.4, -0.2) is 13.8 Å². The number of para-hydroxylation sites is 4. The van der Waals surface area contributed by atoms with E-state index in [-0.39, 0.29) is 0 Å². The molecule has 0 saturated heterocycles. The molecule has 5 aromatic heterocycles. The Morgan fingerprint density at radius 1 is 0.377 bits per heavy atom. The van der Waals surface area contributed by atoms with E-state index in [1.807, 2.05) is 0 Å². The van der Waals surface area contributed by atoms with Crippen molar-refractivity contribution < 1.29 is 0 Å². The van der Waals surface area contributed by atoms with E-state index >= 15 is 0 Å². The number of anilines is 3. The van der Waals surface area contributed by atoms with E-state index in [1.165, 1.54) is 86.7 Å². The Morgan fingerprint density at radius 3 is 1.77 bits per heavy atom. The van der Waals surface area contributed by atoms with Gasteiger partial charge in [-0.2, -0.15) is 0 Å². The number of pyridine rings is 1. The molecule has 0 bridgehead atoms. The SMILES string of the molecule is c1ccc(N(c2ccccc2)c2cccc3c4c5ccccc5cc5c6c7c8cccc9c%10ccc%11ccccc%11c%10n(c7ncc6n(c23)c54)c98)cc1. The number of hydrogen-bond donors (Lipinski definition) is 0. The second-order valence-electron chi connectivity index (χ2n) is 14.3. The lowest BCUT2D eigenvalue weighted by molar-refractivity contribution is 1.25. The quantitative estimate of drug-likeness (QED) is 0.187. The highest BCUT2D eigenvalue weighted by molar-refractivity contribution is 6.39. The Morgan fingerprint density at radius 2 is 0.981 bits per heavy atom. The molecule has 0 fully saturated rings. The van der Waals surface area contributed by atoms with Crippen LogP contribution in [-0.2, 0) is 0 Å². The van der Waals surface area contributed by atoms with E-state index in [2.05, 4.69) is 184 Å². The molecular formula is C49H28N4. The molecule has 0 amide bonds. The van der Waals surface area contributed by atoms with Crippen molar-refractivity contribution in [3.8, 4) is 0 Å². The second-order valence-corrected chi connectivity index (χ2v) is 14.3. The van der Waals surface area contributed by atoms with Gasteiger partial charge in [0.25, 0.3) is 0 Å². The maximum Gasteiger partial charge on any atom is 0.146 e. The molecule has 4 heteroatoms. The first-order valence-corrected chi connectivity index (χ1v) is 18.2. The summed E-state index contributed by atoms with van der Waals surface area (Å²) in [6.07, 6.45) is 2.14. The van der Waals surface area contributed by atoms with Crippen LogP contribution in [0.3, 0.4) is 0 Å². The van der Waals surface area contributed by atoms with Gasteiger partial charge in [-0.25, -0.2) is 4.98 Å². The summed E-state index contributed by atoms with van der Waals surface area (Å²) in [4.78, 5) is 7.84. The van der Waals surface area contributed by atoms with Crippen LogP contribution >= 0.6 is 0 Å². The van der Waals surface area contributed by atoms with Crippen LogP contribution in [0.4, 0.5) is 17.1 Å². The Kier molecular flexibility index (Phi) is 5.08. The summed E-state index contributed by atoms with van der Waals surface area (Å²) in [5.74, 6) is 0. The van der Waals surface area contributed by atoms with Gasteiger partial charge in [-0.15, -0.1) is 0 Å². The van der Waals surface area contributed by atoms with Crippen LogP contribution in [0.25, 0.3) is 97.9 Å². The van der Waals surface area contributed by atoms with E-state index in [0.717, 1.165) is 28.2 Å². The summed E-state index contributed by atoms with van der Waals surface area (Å²) < 4.78 is 4.96. The number of nitrogens with zero attached hydrogens (tertiary/aromatic N) is 4. The van der Waals surface area contributed by atoms with Gasteiger partial charge in [0.15, 0.2) is 0 Å². The maximum atomic E-state index is 5.45. The van der Waals surface area contributed by atoms with Gasteiger partial charge in [0.1, 0.15) is 5.65 Å². The summed E-state index contributed by atoms with van der Waals surface area (Å²) in [5, 5.41) is 15.0. The topological polar surface area (TPSA) is 24.9 Å². The van der Waals surface area contributed by atoms with Crippen molar-refractivity contribution in [3.05, 3.63) is 170 Å². The van der Waals surface area contributed by atoms with Crippen LogP contribution in [0.1, 0.15) is 0 Å². The van der Waals surface area contributed by atoms with E-state index in [4.69, 9.17) is 4.98 Å². The summed E-state index contributed by atoms with van der Waals surface area (Å²) >= 11 is 0. The number of rotatable bonds is 3. The van der Waals surface area contributed by atoms with Gasteiger partial charge in [0.2, 0.25) is 0 Å². The average Bonchev–Trinajstić information content (AvgIpc) is 3.95. The van der Waals surface area contributed by atoms with E-state index in [9.17, 15) is 0 Å². The fraction of sp³-hybridized carbons (Fsp3) is 0. The van der Waals surface area contributed by atoms with Crippen LogP contribution in [0, 0.1) is 0 Å². The maximum absolute atomic E-state index is 5.45. The molecule has 5 heterocycles. The van der Waals surface area contributed by atoms with Crippen molar-refractivity contribution >= 4 is 115 Å². The van der Waals surface area contributed by atoms with Crippen LogP contribution in [0.5, 0.6) is 0 Å². The molecule has 244 valence electrons. The molecule has 13 rings (SSSR count). The highest BCUT2D eigenvalue weighted by atomic mass is 15.2. The highest BCUT2D eigenvalue weighted by Gasteiger charge is 2.28. The zero-order valence-corrected chi connectivity index (χ0v) is 28.5. The molecule has 4 nitrogen and oxygen atoms in total. The predicted molar refractivity (Wildman–Crippen MR) is 223 cm³/mol. The first kappa shape index (κ1) is 27.5. The fourth-order valence-corrected chi connectivity index (χ4v) is 9.71. The smallest absolute Gasteiger partial charge is 0.146 e. The monoisotopic (exact) mass is 672 g/mol. The lowest BCUT2D eigenvalue weighted by Gasteiger charge is -2.26. The van der Waals surface area contributed by atoms with Crippen LogP contribution in [0.15, 0.2) is 170 Å². The molecule has 0 aliphatic rings. The average molecular weight is 673 g/mol. The van der Waals surface area contributed by atoms with Gasteiger partial charge in [-0.3, -0.25) is 4.40 Å². The molecule has 0 N–H and O–H groups in total. The van der Waals surface area contributed by atoms with Gasteiger partial charge < -0.3 is 9.30 Å².